The number of methoxy groups -OCH3 is 2. The molecule has 0 bridgehead atoms. The Morgan fingerprint density at radius 3 is 2.47 bits per heavy atom. The molecule has 6 nitrogen and oxygen atoms in total. The highest BCUT2D eigenvalue weighted by Gasteiger charge is 2.23. The van der Waals surface area contributed by atoms with E-state index in [1.165, 1.54) is 25.9 Å². The highest BCUT2D eigenvalue weighted by molar-refractivity contribution is 6.32. The maximum atomic E-state index is 12.4. The second-order valence-corrected chi connectivity index (χ2v) is 8.10. The van der Waals surface area contributed by atoms with Crippen LogP contribution in [0.25, 0.3) is 6.08 Å². The largest absolute Gasteiger partial charge is 0.493 e. The van der Waals surface area contributed by atoms with Crippen LogP contribution in [0.3, 0.4) is 0 Å². The maximum Gasteiger partial charge on any atom is 0.331 e. The SMILES string of the molecule is COc1cc(/C=C/C(=O)OCC(=O)N2CCC(Cc3ccccc3)CC2)cc(Cl)c1OC. The van der Waals surface area contributed by atoms with Crippen molar-refractivity contribution >= 4 is 29.6 Å². The number of hydrogen-bond acceptors (Lipinski definition) is 5. The predicted molar refractivity (Wildman–Crippen MR) is 124 cm³/mol. The lowest BCUT2D eigenvalue weighted by Gasteiger charge is -2.32. The molecule has 0 aromatic heterocycles. The van der Waals surface area contributed by atoms with Gasteiger partial charge in [-0.2, -0.15) is 0 Å². The third kappa shape index (κ3) is 6.50. The molecular formula is C25H28ClNO5. The zero-order chi connectivity index (χ0) is 22.9. The van der Waals surface area contributed by atoms with Gasteiger partial charge < -0.3 is 19.1 Å². The van der Waals surface area contributed by atoms with Gasteiger partial charge in [-0.25, -0.2) is 4.79 Å². The summed E-state index contributed by atoms with van der Waals surface area (Å²) in [6.45, 7) is 1.11. The summed E-state index contributed by atoms with van der Waals surface area (Å²) in [4.78, 5) is 26.2. The van der Waals surface area contributed by atoms with Crippen molar-refractivity contribution in [3.63, 3.8) is 0 Å². The summed E-state index contributed by atoms with van der Waals surface area (Å²) in [6, 6.07) is 13.7. The molecule has 32 heavy (non-hydrogen) atoms. The smallest absolute Gasteiger partial charge is 0.331 e. The molecule has 0 saturated carbocycles. The van der Waals surface area contributed by atoms with Crippen LogP contribution in [-0.4, -0.2) is 50.7 Å². The van der Waals surface area contributed by atoms with Crippen LogP contribution in [0.15, 0.2) is 48.5 Å². The fourth-order valence-electron chi connectivity index (χ4n) is 3.80. The van der Waals surface area contributed by atoms with E-state index in [9.17, 15) is 9.59 Å². The second-order valence-electron chi connectivity index (χ2n) is 7.69. The van der Waals surface area contributed by atoms with Crippen molar-refractivity contribution in [1.82, 2.24) is 4.90 Å². The Labute approximate surface area is 193 Å². The standard InChI is InChI=1S/C25H28ClNO5/c1-30-22-16-20(15-21(26)25(22)31-2)8-9-24(29)32-17-23(28)27-12-10-19(11-13-27)14-18-6-4-3-5-7-18/h3-9,15-16,19H,10-14,17H2,1-2H3/b9-8+. The topological polar surface area (TPSA) is 65.1 Å². The first-order valence-corrected chi connectivity index (χ1v) is 11.0. The highest BCUT2D eigenvalue weighted by Crippen LogP contribution is 2.36. The van der Waals surface area contributed by atoms with Gasteiger partial charge in [0.25, 0.3) is 5.91 Å². The molecule has 1 aliphatic rings. The minimum absolute atomic E-state index is 0.168. The van der Waals surface area contributed by atoms with Gasteiger partial charge in [-0.05, 0) is 54.5 Å². The molecule has 0 unspecified atom stereocenters. The Balaban J connectivity index is 1.44. The zero-order valence-electron chi connectivity index (χ0n) is 18.4. The lowest BCUT2D eigenvalue weighted by Crippen LogP contribution is -2.41. The van der Waals surface area contributed by atoms with Gasteiger partial charge >= 0.3 is 5.97 Å². The molecule has 1 heterocycles. The third-order valence-corrected chi connectivity index (χ3v) is 5.82. The molecule has 170 valence electrons. The summed E-state index contributed by atoms with van der Waals surface area (Å²) < 4.78 is 15.6. The van der Waals surface area contributed by atoms with Crippen molar-refractivity contribution in [3.05, 3.63) is 64.7 Å². The van der Waals surface area contributed by atoms with Gasteiger partial charge in [0.2, 0.25) is 0 Å². The average molecular weight is 458 g/mol. The predicted octanol–water partition coefficient (Wildman–Crippen LogP) is 4.39. The molecule has 2 aromatic carbocycles. The number of rotatable bonds is 8. The number of halogens is 1. The van der Waals surface area contributed by atoms with Gasteiger partial charge in [-0.3, -0.25) is 4.79 Å². The van der Waals surface area contributed by atoms with Gasteiger partial charge in [0, 0.05) is 19.2 Å². The molecular weight excluding hydrogens is 430 g/mol. The van der Waals surface area contributed by atoms with Gasteiger partial charge in [0.05, 0.1) is 19.2 Å². The number of esters is 1. The Hall–Kier alpha value is -2.99. The third-order valence-electron chi connectivity index (χ3n) is 5.54. The first-order chi connectivity index (χ1) is 15.5. The fraction of sp³-hybridized carbons (Fsp3) is 0.360. The summed E-state index contributed by atoms with van der Waals surface area (Å²) in [5.41, 5.74) is 1.98. The second kappa shape index (κ2) is 11.6. The van der Waals surface area contributed by atoms with E-state index in [4.69, 9.17) is 25.8 Å². The normalized spacial score (nSPS) is 14.4. The lowest BCUT2D eigenvalue weighted by atomic mass is 9.90. The van der Waals surface area contributed by atoms with E-state index in [2.05, 4.69) is 24.3 Å². The molecule has 1 saturated heterocycles. The molecule has 1 aliphatic heterocycles. The molecule has 1 amide bonds. The molecule has 0 spiro atoms. The van der Waals surface area contributed by atoms with E-state index in [-0.39, 0.29) is 12.5 Å². The van der Waals surface area contributed by atoms with Crippen molar-refractivity contribution in [2.24, 2.45) is 5.92 Å². The Morgan fingerprint density at radius 2 is 1.81 bits per heavy atom. The van der Waals surface area contributed by atoms with Crippen molar-refractivity contribution in [2.75, 3.05) is 33.9 Å². The van der Waals surface area contributed by atoms with Crippen LogP contribution in [-0.2, 0) is 20.7 Å². The molecule has 0 atom stereocenters. The van der Waals surface area contributed by atoms with Gasteiger partial charge in [-0.15, -0.1) is 0 Å². The van der Waals surface area contributed by atoms with Crippen LogP contribution in [0, 0.1) is 5.92 Å². The highest BCUT2D eigenvalue weighted by atomic mass is 35.5. The van der Waals surface area contributed by atoms with Crippen molar-refractivity contribution in [3.8, 4) is 11.5 Å². The lowest BCUT2D eigenvalue weighted by molar-refractivity contribution is -0.148. The number of nitrogens with zero attached hydrogens (tertiary/aromatic N) is 1. The summed E-state index contributed by atoms with van der Waals surface area (Å²) in [6.07, 6.45) is 5.75. The molecule has 0 N–H and O–H groups in total. The number of benzene rings is 2. The minimum Gasteiger partial charge on any atom is -0.493 e. The van der Waals surface area contributed by atoms with E-state index in [0.717, 1.165) is 19.3 Å². The quantitative estimate of drug-likeness (QED) is 0.434. The summed E-state index contributed by atoms with van der Waals surface area (Å²) in [5, 5.41) is 0.366. The van der Waals surface area contributed by atoms with Crippen molar-refractivity contribution in [1.29, 1.82) is 0 Å². The summed E-state index contributed by atoms with van der Waals surface area (Å²) in [7, 11) is 3.01. The maximum absolute atomic E-state index is 12.4. The van der Waals surface area contributed by atoms with Crippen LogP contribution in [0.4, 0.5) is 0 Å². The Kier molecular flexibility index (Phi) is 8.56. The first-order valence-electron chi connectivity index (χ1n) is 10.6. The zero-order valence-corrected chi connectivity index (χ0v) is 19.1. The van der Waals surface area contributed by atoms with Crippen LogP contribution >= 0.6 is 11.6 Å². The van der Waals surface area contributed by atoms with Crippen molar-refractivity contribution < 1.29 is 23.8 Å². The summed E-state index contributed by atoms with van der Waals surface area (Å²) in [5.74, 6) is 0.688. The number of carbonyl (C=O) groups excluding carboxylic acids is 2. The van der Waals surface area contributed by atoms with Gasteiger partial charge in [-0.1, -0.05) is 41.9 Å². The molecule has 7 heteroatoms. The number of hydrogen-bond donors (Lipinski definition) is 0. The first kappa shape index (κ1) is 23.7. The number of ether oxygens (including phenoxy) is 3. The molecule has 0 aliphatic carbocycles. The Morgan fingerprint density at radius 1 is 1.09 bits per heavy atom. The van der Waals surface area contributed by atoms with Crippen LogP contribution in [0.5, 0.6) is 11.5 Å². The van der Waals surface area contributed by atoms with E-state index >= 15 is 0 Å². The Bertz CT molecular complexity index is 952. The van der Waals surface area contributed by atoms with Crippen molar-refractivity contribution in [2.45, 2.75) is 19.3 Å². The molecule has 1 fully saturated rings. The number of amides is 1. The van der Waals surface area contributed by atoms with Gasteiger partial charge in [0.1, 0.15) is 0 Å². The van der Waals surface area contributed by atoms with E-state index in [0.29, 0.717) is 41.1 Å². The molecule has 2 aromatic rings. The van der Waals surface area contributed by atoms with Crippen LogP contribution < -0.4 is 9.47 Å². The van der Waals surface area contributed by atoms with Crippen LogP contribution in [0.1, 0.15) is 24.0 Å². The summed E-state index contributed by atoms with van der Waals surface area (Å²) >= 11 is 6.17. The monoisotopic (exact) mass is 457 g/mol. The molecule has 3 rings (SSSR count). The van der Waals surface area contributed by atoms with Crippen LogP contribution in [0.2, 0.25) is 5.02 Å². The van der Waals surface area contributed by atoms with E-state index in [1.807, 2.05) is 6.07 Å². The minimum atomic E-state index is -0.594. The van der Waals surface area contributed by atoms with Gasteiger partial charge in [0.15, 0.2) is 18.1 Å². The number of likely N-dealkylation sites (tertiary alicyclic amines) is 1. The van der Waals surface area contributed by atoms with E-state index in [1.54, 1.807) is 23.1 Å². The molecule has 0 radical (unpaired) electrons. The number of piperidine rings is 1. The number of carbonyl (C=O) groups is 2. The van der Waals surface area contributed by atoms with E-state index < -0.39 is 5.97 Å². The average Bonchev–Trinajstić information content (AvgIpc) is 2.82. The fourth-order valence-corrected chi connectivity index (χ4v) is 4.10.